The Morgan fingerprint density at radius 2 is 2.00 bits per heavy atom. The minimum atomic E-state index is -1.37. The van der Waals surface area contributed by atoms with Gasteiger partial charge < -0.3 is 10.0 Å². The van der Waals surface area contributed by atoms with E-state index in [0.29, 0.717) is 5.46 Å². The van der Waals surface area contributed by atoms with Crippen LogP contribution in [-0.4, -0.2) is 17.2 Å². The average Bonchev–Trinajstić information content (AvgIpc) is 2.03. The first-order valence-electron chi connectivity index (χ1n) is 3.66. The van der Waals surface area contributed by atoms with E-state index in [2.05, 4.69) is 15.9 Å². The monoisotopic (exact) mass is 228 g/mol. The molecule has 2 nitrogen and oxygen atoms in total. The number of halogens is 1. The summed E-state index contributed by atoms with van der Waals surface area (Å²) in [5, 5.41) is 18.5. The maximum Gasteiger partial charge on any atom is 0.488 e. The van der Waals surface area contributed by atoms with Gasteiger partial charge in [-0.1, -0.05) is 39.7 Å². The molecule has 0 amide bonds. The number of benzene rings is 1. The molecule has 0 aromatic heterocycles. The SMILES string of the molecule is Cc1cc(CBr)cc(B(O)O)c1. The number of hydrogen-bond donors (Lipinski definition) is 2. The molecule has 1 aromatic carbocycles. The van der Waals surface area contributed by atoms with Gasteiger partial charge >= 0.3 is 7.12 Å². The zero-order valence-electron chi connectivity index (χ0n) is 6.79. The van der Waals surface area contributed by atoms with Crippen LogP contribution in [0.5, 0.6) is 0 Å². The lowest BCUT2D eigenvalue weighted by Gasteiger charge is -2.03. The molecule has 0 aliphatic heterocycles. The van der Waals surface area contributed by atoms with E-state index in [4.69, 9.17) is 10.0 Å². The molecule has 0 unspecified atom stereocenters. The molecule has 0 heterocycles. The van der Waals surface area contributed by atoms with Gasteiger partial charge in [-0.3, -0.25) is 0 Å². The first kappa shape index (κ1) is 9.77. The summed E-state index contributed by atoms with van der Waals surface area (Å²) in [6.07, 6.45) is 0. The van der Waals surface area contributed by atoms with Gasteiger partial charge in [0.1, 0.15) is 0 Å². The van der Waals surface area contributed by atoms with Crippen LogP contribution < -0.4 is 5.46 Å². The molecular weight excluding hydrogens is 219 g/mol. The van der Waals surface area contributed by atoms with Gasteiger partial charge in [-0.2, -0.15) is 0 Å². The van der Waals surface area contributed by atoms with Gasteiger partial charge in [0.05, 0.1) is 0 Å². The van der Waals surface area contributed by atoms with Crippen LogP contribution in [0, 0.1) is 6.92 Å². The minimum Gasteiger partial charge on any atom is -0.423 e. The van der Waals surface area contributed by atoms with Crippen molar-refractivity contribution in [3.63, 3.8) is 0 Å². The van der Waals surface area contributed by atoms with Crippen molar-refractivity contribution in [1.82, 2.24) is 0 Å². The van der Waals surface area contributed by atoms with E-state index in [0.717, 1.165) is 16.5 Å². The number of rotatable bonds is 2. The molecule has 4 heteroatoms. The van der Waals surface area contributed by atoms with Crippen molar-refractivity contribution in [2.75, 3.05) is 0 Å². The van der Waals surface area contributed by atoms with Gasteiger partial charge in [-0.05, 0) is 17.9 Å². The molecule has 0 atom stereocenters. The molecule has 0 bridgehead atoms. The van der Waals surface area contributed by atoms with Crippen LogP contribution in [0.3, 0.4) is 0 Å². The quantitative estimate of drug-likeness (QED) is 0.574. The maximum absolute atomic E-state index is 8.91. The molecule has 12 heavy (non-hydrogen) atoms. The Bertz CT molecular complexity index is 276. The van der Waals surface area contributed by atoms with Crippen LogP contribution in [0.2, 0.25) is 0 Å². The third-order valence-corrected chi connectivity index (χ3v) is 2.26. The van der Waals surface area contributed by atoms with Crippen molar-refractivity contribution in [2.45, 2.75) is 12.3 Å². The zero-order valence-corrected chi connectivity index (χ0v) is 8.37. The number of aryl methyl sites for hydroxylation is 1. The third-order valence-electron chi connectivity index (χ3n) is 1.61. The lowest BCUT2D eigenvalue weighted by atomic mass is 9.79. The van der Waals surface area contributed by atoms with E-state index < -0.39 is 7.12 Å². The van der Waals surface area contributed by atoms with Gasteiger partial charge in [-0.15, -0.1) is 0 Å². The summed E-state index contributed by atoms with van der Waals surface area (Å²) in [4.78, 5) is 0. The summed E-state index contributed by atoms with van der Waals surface area (Å²) in [5.74, 6) is 0. The standard InChI is InChI=1S/C8H10BBrO2/c1-6-2-7(5-10)4-8(3-6)9(11)12/h2-4,11-12H,5H2,1H3. The Hall–Kier alpha value is -0.315. The first-order valence-corrected chi connectivity index (χ1v) is 4.78. The Labute approximate surface area is 80.5 Å². The summed E-state index contributed by atoms with van der Waals surface area (Å²) >= 11 is 3.31. The van der Waals surface area contributed by atoms with Crippen LogP contribution in [0.25, 0.3) is 0 Å². The van der Waals surface area contributed by atoms with Crippen molar-refractivity contribution >= 4 is 28.5 Å². The highest BCUT2D eigenvalue weighted by atomic mass is 79.9. The second-order valence-corrected chi connectivity index (χ2v) is 3.32. The predicted octanol–water partition coefficient (Wildman–Crippen LogP) is 0.570. The van der Waals surface area contributed by atoms with Crippen LogP contribution in [-0.2, 0) is 5.33 Å². The van der Waals surface area contributed by atoms with E-state index in [1.165, 1.54) is 0 Å². The van der Waals surface area contributed by atoms with Gasteiger partial charge in [-0.25, -0.2) is 0 Å². The Morgan fingerprint density at radius 1 is 1.33 bits per heavy atom. The topological polar surface area (TPSA) is 40.5 Å². The summed E-state index contributed by atoms with van der Waals surface area (Å²) in [7, 11) is -1.37. The molecule has 0 radical (unpaired) electrons. The zero-order chi connectivity index (χ0) is 9.14. The molecule has 64 valence electrons. The highest BCUT2D eigenvalue weighted by molar-refractivity contribution is 9.08. The van der Waals surface area contributed by atoms with Crippen molar-refractivity contribution in [3.8, 4) is 0 Å². The predicted molar refractivity (Wildman–Crippen MR) is 53.6 cm³/mol. The fourth-order valence-electron chi connectivity index (χ4n) is 1.12. The smallest absolute Gasteiger partial charge is 0.423 e. The fraction of sp³-hybridized carbons (Fsp3) is 0.250. The van der Waals surface area contributed by atoms with Crippen molar-refractivity contribution < 1.29 is 10.0 Å². The molecule has 0 fully saturated rings. The molecule has 2 N–H and O–H groups in total. The summed E-state index contributed by atoms with van der Waals surface area (Å²) < 4.78 is 0. The largest absolute Gasteiger partial charge is 0.488 e. The molecule has 0 saturated carbocycles. The second kappa shape index (κ2) is 4.07. The minimum absolute atomic E-state index is 0.546. The Morgan fingerprint density at radius 3 is 2.50 bits per heavy atom. The molecule has 0 spiro atoms. The lowest BCUT2D eigenvalue weighted by Crippen LogP contribution is -2.30. The second-order valence-electron chi connectivity index (χ2n) is 2.76. The maximum atomic E-state index is 8.91. The van der Waals surface area contributed by atoms with E-state index in [1.807, 2.05) is 13.0 Å². The molecule has 1 rings (SSSR count). The lowest BCUT2D eigenvalue weighted by molar-refractivity contribution is 0.425. The van der Waals surface area contributed by atoms with Crippen LogP contribution in [0.1, 0.15) is 11.1 Å². The normalized spacial score (nSPS) is 10.0. The van der Waals surface area contributed by atoms with Crippen molar-refractivity contribution in [2.24, 2.45) is 0 Å². The Kier molecular flexibility index (Phi) is 3.32. The van der Waals surface area contributed by atoms with E-state index in [-0.39, 0.29) is 0 Å². The first-order chi connectivity index (χ1) is 5.63. The van der Waals surface area contributed by atoms with Crippen LogP contribution in [0.15, 0.2) is 18.2 Å². The van der Waals surface area contributed by atoms with Crippen molar-refractivity contribution in [1.29, 1.82) is 0 Å². The van der Waals surface area contributed by atoms with Gasteiger partial charge in [0.25, 0.3) is 0 Å². The molecule has 0 saturated heterocycles. The van der Waals surface area contributed by atoms with Gasteiger partial charge in [0.15, 0.2) is 0 Å². The number of hydrogen-bond acceptors (Lipinski definition) is 2. The average molecular weight is 229 g/mol. The highest BCUT2D eigenvalue weighted by Crippen LogP contribution is 2.06. The van der Waals surface area contributed by atoms with E-state index in [9.17, 15) is 0 Å². The van der Waals surface area contributed by atoms with Gasteiger partial charge in [0, 0.05) is 5.33 Å². The summed E-state index contributed by atoms with van der Waals surface area (Å²) in [6.45, 7) is 1.93. The summed E-state index contributed by atoms with van der Waals surface area (Å²) in [5.41, 5.74) is 2.64. The van der Waals surface area contributed by atoms with Crippen LogP contribution >= 0.6 is 15.9 Å². The molecule has 0 aliphatic carbocycles. The van der Waals surface area contributed by atoms with E-state index in [1.54, 1.807) is 12.1 Å². The van der Waals surface area contributed by atoms with Gasteiger partial charge in [0.2, 0.25) is 0 Å². The number of alkyl halides is 1. The highest BCUT2D eigenvalue weighted by Gasteiger charge is 2.11. The third kappa shape index (κ3) is 2.34. The Balaban J connectivity index is 3.06. The fourth-order valence-corrected chi connectivity index (χ4v) is 1.44. The van der Waals surface area contributed by atoms with Crippen molar-refractivity contribution in [3.05, 3.63) is 29.3 Å². The molecular formula is C8H10BBrO2. The van der Waals surface area contributed by atoms with E-state index >= 15 is 0 Å². The molecule has 0 aliphatic rings. The summed E-state index contributed by atoms with van der Waals surface area (Å²) in [6, 6.07) is 5.53. The molecule has 1 aromatic rings. The van der Waals surface area contributed by atoms with Crippen LogP contribution in [0.4, 0.5) is 0 Å².